The van der Waals surface area contributed by atoms with Crippen LogP contribution in [-0.2, 0) is 0 Å². The lowest BCUT2D eigenvalue weighted by atomic mass is 10.2. The van der Waals surface area contributed by atoms with Gasteiger partial charge in [-0.3, -0.25) is 0 Å². The zero-order valence-corrected chi connectivity index (χ0v) is 11.4. The summed E-state index contributed by atoms with van der Waals surface area (Å²) in [6, 6.07) is 9.08. The van der Waals surface area contributed by atoms with Crippen molar-refractivity contribution in [2.75, 3.05) is 11.1 Å². The molecule has 0 fully saturated rings. The molecule has 0 aliphatic rings. The summed E-state index contributed by atoms with van der Waals surface area (Å²) in [7, 11) is 0. The van der Waals surface area contributed by atoms with E-state index in [9.17, 15) is 4.79 Å². The molecule has 5 nitrogen and oxygen atoms in total. The fourth-order valence-electron chi connectivity index (χ4n) is 1.40. The fraction of sp³-hybridized carbons (Fsp3) is 0. The standard InChI is InChI=1S/C12H10IN3O2/c13-7-1-3-8(4-2-7)16-11-5-9(12(17)18)10(14)6-15-11/h1-6H,14H2,(H,15,16)(H,17,18). The van der Waals surface area contributed by atoms with Crippen LogP contribution in [0.1, 0.15) is 10.4 Å². The predicted molar refractivity (Wildman–Crippen MR) is 78.1 cm³/mol. The first-order valence-corrected chi connectivity index (χ1v) is 6.15. The Balaban J connectivity index is 2.27. The predicted octanol–water partition coefficient (Wildman–Crippen LogP) is 2.71. The number of nitrogens with one attached hydrogen (secondary N) is 1. The molecule has 0 radical (unpaired) electrons. The minimum Gasteiger partial charge on any atom is -0.478 e. The highest BCUT2D eigenvalue weighted by molar-refractivity contribution is 14.1. The molecule has 2 aromatic rings. The number of aromatic carboxylic acids is 1. The first-order chi connectivity index (χ1) is 8.56. The van der Waals surface area contributed by atoms with E-state index in [2.05, 4.69) is 32.9 Å². The number of hydrogen-bond acceptors (Lipinski definition) is 4. The SMILES string of the molecule is Nc1cnc(Nc2ccc(I)cc2)cc1C(=O)O. The van der Waals surface area contributed by atoms with E-state index in [1.54, 1.807) is 0 Å². The van der Waals surface area contributed by atoms with Crippen molar-refractivity contribution in [2.45, 2.75) is 0 Å². The first kappa shape index (κ1) is 12.6. The summed E-state index contributed by atoms with van der Waals surface area (Å²) < 4.78 is 1.12. The molecule has 2 rings (SSSR count). The van der Waals surface area contributed by atoms with Gasteiger partial charge in [0, 0.05) is 9.26 Å². The van der Waals surface area contributed by atoms with Gasteiger partial charge < -0.3 is 16.2 Å². The van der Waals surface area contributed by atoms with Crippen molar-refractivity contribution in [3.8, 4) is 0 Å². The Morgan fingerprint density at radius 1 is 1.33 bits per heavy atom. The summed E-state index contributed by atoms with van der Waals surface area (Å²) in [5.41, 5.74) is 6.56. The lowest BCUT2D eigenvalue weighted by Gasteiger charge is -2.07. The summed E-state index contributed by atoms with van der Waals surface area (Å²) >= 11 is 2.21. The van der Waals surface area contributed by atoms with Crippen LogP contribution in [0, 0.1) is 3.57 Å². The number of pyridine rings is 1. The minimum atomic E-state index is -1.07. The van der Waals surface area contributed by atoms with E-state index in [1.165, 1.54) is 12.3 Å². The van der Waals surface area contributed by atoms with E-state index in [0.717, 1.165) is 9.26 Å². The summed E-state index contributed by atoms with van der Waals surface area (Å²) in [4.78, 5) is 15.0. The van der Waals surface area contributed by atoms with E-state index in [4.69, 9.17) is 10.8 Å². The number of carbonyl (C=O) groups is 1. The Morgan fingerprint density at radius 3 is 2.61 bits per heavy atom. The Morgan fingerprint density at radius 2 is 2.00 bits per heavy atom. The summed E-state index contributed by atoms with van der Waals surface area (Å²) in [6.07, 6.45) is 1.33. The maximum atomic E-state index is 10.9. The number of benzene rings is 1. The van der Waals surface area contributed by atoms with Gasteiger partial charge in [0.15, 0.2) is 0 Å². The molecular formula is C12H10IN3O2. The van der Waals surface area contributed by atoms with Crippen molar-refractivity contribution >= 4 is 45.8 Å². The highest BCUT2D eigenvalue weighted by Crippen LogP contribution is 2.19. The van der Waals surface area contributed by atoms with Crippen LogP contribution in [0.4, 0.5) is 17.2 Å². The number of halogens is 1. The number of nitrogens with zero attached hydrogens (tertiary/aromatic N) is 1. The van der Waals surface area contributed by atoms with Gasteiger partial charge in [-0.25, -0.2) is 9.78 Å². The average Bonchev–Trinajstić information content (AvgIpc) is 2.34. The van der Waals surface area contributed by atoms with Crippen molar-refractivity contribution in [1.29, 1.82) is 0 Å². The minimum absolute atomic E-state index is 0.0398. The molecule has 0 spiro atoms. The quantitative estimate of drug-likeness (QED) is 0.737. The number of hydrogen-bond donors (Lipinski definition) is 3. The van der Waals surface area contributed by atoms with E-state index in [1.807, 2.05) is 24.3 Å². The van der Waals surface area contributed by atoms with Gasteiger partial charge in [0.1, 0.15) is 5.82 Å². The second-order valence-electron chi connectivity index (χ2n) is 3.59. The van der Waals surface area contributed by atoms with Gasteiger partial charge in [0.25, 0.3) is 0 Å². The number of aromatic nitrogens is 1. The average molecular weight is 355 g/mol. The molecule has 1 heterocycles. The molecule has 18 heavy (non-hydrogen) atoms. The number of anilines is 3. The van der Waals surface area contributed by atoms with Gasteiger partial charge in [0.2, 0.25) is 0 Å². The summed E-state index contributed by atoms with van der Waals surface area (Å²) in [5, 5.41) is 12.0. The molecule has 0 bridgehead atoms. The topological polar surface area (TPSA) is 88.2 Å². The number of carboxylic acids is 1. The molecule has 1 aromatic heterocycles. The maximum absolute atomic E-state index is 10.9. The zero-order chi connectivity index (χ0) is 13.1. The third kappa shape index (κ3) is 2.89. The van der Waals surface area contributed by atoms with Crippen LogP contribution in [0.3, 0.4) is 0 Å². The van der Waals surface area contributed by atoms with Gasteiger partial charge >= 0.3 is 5.97 Å². The van der Waals surface area contributed by atoms with Crippen molar-refractivity contribution < 1.29 is 9.90 Å². The number of nitrogens with two attached hydrogens (primary N) is 1. The van der Waals surface area contributed by atoms with Gasteiger partial charge in [-0.15, -0.1) is 0 Å². The molecule has 0 aliphatic heterocycles. The number of rotatable bonds is 3. The molecule has 0 atom stereocenters. The van der Waals surface area contributed by atoms with E-state index in [-0.39, 0.29) is 11.3 Å². The first-order valence-electron chi connectivity index (χ1n) is 5.07. The molecular weight excluding hydrogens is 345 g/mol. The highest BCUT2D eigenvalue weighted by Gasteiger charge is 2.09. The van der Waals surface area contributed by atoms with Crippen molar-refractivity contribution in [2.24, 2.45) is 0 Å². The van der Waals surface area contributed by atoms with Crippen LogP contribution in [0.25, 0.3) is 0 Å². The second-order valence-corrected chi connectivity index (χ2v) is 4.84. The number of nitrogen functional groups attached to an aromatic ring is 1. The van der Waals surface area contributed by atoms with E-state index in [0.29, 0.717) is 5.82 Å². The highest BCUT2D eigenvalue weighted by atomic mass is 127. The molecule has 92 valence electrons. The molecule has 1 aromatic carbocycles. The molecule has 4 N–H and O–H groups in total. The monoisotopic (exact) mass is 355 g/mol. The second kappa shape index (κ2) is 5.21. The Labute approximate surface area is 117 Å². The molecule has 0 aliphatic carbocycles. The maximum Gasteiger partial charge on any atom is 0.337 e. The molecule has 0 saturated heterocycles. The molecule has 6 heteroatoms. The van der Waals surface area contributed by atoms with E-state index >= 15 is 0 Å². The van der Waals surface area contributed by atoms with Crippen LogP contribution in [-0.4, -0.2) is 16.1 Å². The summed E-state index contributed by atoms with van der Waals surface area (Å²) in [6.45, 7) is 0. The molecule has 0 saturated carbocycles. The third-order valence-electron chi connectivity index (χ3n) is 2.28. The van der Waals surface area contributed by atoms with Gasteiger partial charge in [-0.2, -0.15) is 0 Å². The van der Waals surface area contributed by atoms with Crippen molar-refractivity contribution in [3.05, 3.63) is 45.7 Å². The smallest absolute Gasteiger partial charge is 0.337 e. The van der Waals surface area contributed by atoms with Crippen LogP contribution in [0.2, 0.25) is 0 Å². The third-order valence-corrected chi connectivity index (χ3v) is 3.00. The summed E-state index contributed by atoms with van der Waals surface area (Å²) in [5.74, 6) is -0.622. The van der Waals surface area contributed by atoms with Crippen molar-refractivity contribution in [3.63, 3.8) is 0 Å². The number of carboxylic acid groups (broad SMARTS) is 1. The Bertz CT molecular complexity index is 584. The lowest BCUT2D eigenvalue weighted by molar-refractivity contribution is 0.0698. The molecule has 0 amide bonds. The fourth-order valence-corrected chi connectivity index (χ4v) is 1.76. The lowest BCUT2D eigenvalue weighted by Crippen LogP contribution is -2.05. The van der Waals surface area contributed by atoms with Crippen LogP contribution >= 0.6 is 22.6 Å². The van der Waals surface area contributed by atoms with Crippen LogP contribution < -0.4 is 11.1 Å². The van der Waals surface area contributed by atoms with Gasteiger partial charge in [0.05, 0.1) is 17.4 Å². The van der Waals surface area contributed by atoms with Crippen LogP contribution in [0.15, 0.2) is 36.5 Å². The van der Waals surface area contributed by atoms with Crippen molar-refractivity contribution in [1.82, 2.24) is 4.98 Å². The van der Waals surface area contributed by atoms with E-state index < -0.39 is 5.97 Å². The largest absolute Gasteiger partial charge is 0.478 e. The normalized spacial score (nSPS) is 10.1. The van der Waals surface area contributed by atoms with Gasteiger partial charge in [-0.05, 0) is 52.9 Å². The Hall–Kier alpha value is -1.83. The van der Waals surface area contributed by atoms with Gasteiger partial charge in [-0.1, -0.05) is 0 Å². The zero-order valence-electron chi connectivity index (χ0n) is 9.22. The Kier molecular flexibility index (Phi) is 3.66. The molecule has 0 unspecified atom stereocenters. The van der Waals surface area contributed by atoms with Crippen LogP contribution in [0.5, 0.6) is 0 Å².